The SMILES string of the molecule is O=C(Nc1cccc(C(F)(F)F)c1)C1CCN(C(=O)c2ccco2)CC1. The fourth-order valence-electron chi connectivity index (χ4n) is 2.92. The average Bonchev–Trinajstić information content (AvgIpc) is 3.15. The van der Waals surface area contributed by atoms with Crippen LogP contribution in [0.4, 0.5) is 18.9 Å². The molecule has 1 fully saturated rings. The number of anilines is 1. The number of rotatable bonds is 3. The first-order valence-corrected chi connectivity index (χ1v) is 8.15. The van der Waals surface area contributed by atoms with Gasteiger partial charge in [-0.2, -0.15) is 13.2 Å². The van der Waals surface area contributed by atoms with Gasteiger partial charge in [0.25, 0.3) is 5.91 Å². The van der Waals surface area contributed by atoms with Crippen LogP contribution in [-0.2, 0) is 11.0 Å². The minimum atomic E-state index is -4.46. The molecule has 5 nitrogen and oxygen atoms in total. The Morgan fingerprint density at radius 1 is 1.12 bits per heavy atom. The predicted molar refractivity (Wildman–Crippen MR) is 87.4 cm³/mol. The van der Waals surface area contributed by atoms with Crippen LogP contribution in [0.25, 0.3) is 0 Å². The van der Waals surface area contributed by atoms with Gasteiger partial charge in [0.1, 0.15) is 0 Å². The van der Waals surface area contributed by atoms with Crippen molar-refractivity contribution in [1.82, 2.24) is 4.90 Å². The molecule has 1 aliphatic heterocycles. The van der Waals surface area contributed by atoms with E-state index in [-0.39, 0.29) is 29.2 Å². The molecule has 1 aromatic heterocycles. The number of hydrogen-bond acceptors (Lipinski definition) is 3. The molecule has 0 atom stereocenters. The van der Waals surface area contributed by atoms with Gasteiger partial charge in [-0.3, -0.25) is 9.59 Å². The molecule has 2 amide bonds. The Morgan fingerprint density at radius 3 is 2.46 bits per heavy atom. The number of alkyl halides is 3. The lowest BCUT2D eigenvalue weighted by Gasteiger charge is -2.30. The average molecular weight is 366 g/mol. The van der Waals surface area contributed by atoms with Crippen LogP contribution in [0.2, 0.25) is 0 Å². The van der Waals surface area contributed by atoms with E-state index in [9.17, 15) is 22.8 Å². The van der Waals surface area contributed by atoms with Gasteiger partial charge in [0.15, 0.2) is 5.76 Å². The topological polar surface area (TPSA) is 62.6 Å². The lowest BCUT2D eigenvalue weighted by molar-refractivity contribution is -0.137. The number of benzene rings is 1. The quantitative estimate of drug-likeness (QED) is 0.899. The molecule has 2 heterocycles. The number of nitrogens with zero attached hydrogens (tertiary/aromatic N) is 1. The Balaban J connectivity index is 1.57. The van der Waals surface area contributed by atoms with Gasteiger partial charge in [-0.05, 0) is 43.2 Å². The van der Waals surface area contributed by atoms with E-state index >= 15 is 0 Å². The maximum absolute atomic E-state index is 12.7. The second-order valence-corrected chi connectivity index (χ2v) is 6.11. The first-order chi connectivity index (χ1) is 12.3. The maximum Gasteiger partial charge on any atom is 0.416 e. The third-order valence-corrected chi connectivity index (χ3v) is 4.34. The minimum absolute atomic E-state index is 0.110. The van der Waals surface area contributed by atoms with Crippen LogP contribution in [0.1, 0.15) is 29.0 Å². The van der Waals surface area contributed by atoms with Gasteiger partial charge in [-0.15, -0.1) is 0 Å². The summed E-state index contributed by atoms with van der Waals surface area (Å²) in [6, 6.07) is 7.74. The zero-order valence-electron chi connectivity index (χ0n) is 13.8. The molecule has 0 bridgehead atoms. The summed E-state index contributed by atoms with van der Waals surface area (Å²) < 4.78 is 43.3. The third kappa shape index (κ3) is 4.07. The zero-order chi connectivity index (χ0) is 18.7. The number of halogens is 3. The Kier molecular flexibility index (Phi) is 5.01. The smallest absolute Gasteiger partial charge is 0.416 e. The maximum atomic E-state index is 12.7. The van der Waals surface area contributed by atoms with Gasteiger partial charge in [-0.25, -0.2) is 0 Å². The molecule has 1 aromatic carbocycles. The van der Waals surface area contributed by atoms with Gasteiger partial charge in [0.2, 0.25) is 5.91 Å². The van der Waals surface area contributed by atoms with E-state index in [2.05, 4.69) is 5.32 Å². The van der Waals surface area contributed by atoms with Crippen LogP contribution in [0.3, 0.4) is 0 Å². The summed E-state index contributed by atoms with van der Waals surface area (Å²) in [5, 5.41) is 2.53. The fourth-order valence-corrected chi connectivity index (χ4v) is 2.92. The number of carbonyl (C=O) groups excluding carboxylic acids is 2. The van der Waals surface area contributed by atoms with Gasteiger partial charge in [0.05, 0.1) is 11.8 Å². The minimum Gasteiger partial charge on any atom is -0.459 e. The monoisotopic (exact) mass is 366 g/mol. The lowest BCUT2D eigenvalue weighted by Crippen LogP contribution is -2.41. The summed E-state index contributed by atoms with van der Waals surface area (Å²) >= 11 is 0. The molecule has 0 spiro atoms. The second-order valence-electron chi connectivity index (χ2n) is 6.11. The van der Waals surface area contributed by atoms with E-state index in [1.54, 1.807) is 17.0 Å². The number of carbonyl (C=O) groups is 2. The van der Waals surface area contributed by atoms with Crippen molar-refractivity contribution in [3.8, 4) is 0 Å². The van der Waals surface area contributed by atoms with Gasteiger partial charge >= 0.3 is 6.18 Å². The molecule has 8 heteroatoms. The third-order valence-electron chi connectivity index (χ3n) is 4.34. The highest BCUT2D eigenvalue weighted by Crippen LogP contribution is 2.31. The molecule has 138 valence electrons. The van der Waals surface area contributed by atoms with Crippen LogP contribution < -0.4 is 5.32 Å². The van der Waals surface area contributed by atoms with Crippen LogP contribution in [0.15, 0.2) is 47.1 Å². The van der Waals surface area contributed by atoms with Gasteiger partial charge in [-0.1, -0.05) is 6.07 Å². The van der Waals surface area contributed by atoms with E-state index in [1.165, 1.54) is 18.4 Å². The fraction of sp³-hybridized carbons (Fsp3) is 0.333. The zero-order valence-corrected chi connectivity index (χ0v) is 13.8. The normalized spacial score (nSPS) is 15.7. The van der Waals surface area contributed by atoms with Gasteiger partial charge < -0.3 is 14.6 Å². The molecule has 1 aliphatic rings. The van der Waals surface area contributed by atoms with E-state index < -0.39 is 11.7 Å². The number of likely N-dealkylation sites (tertiary alicyclic amines) is 1. The van der Waals surface area contributed by atoms with Crippen LogP contribution in [0.5, 0.6) is 0 Å². The summed E-state index contributed by atoms with van der Waals surface area (Å²) in [7, 11) is 0. The first-order valence-electron chi connectivity index (χ1n) is 8.15. The summed E-state index contributed by atoms with van der Waals surface area (Å²) in [6.07, 6.45) is -2.16. The highest BCUT2D eigenvalue weighted by molar-refractivity contribution is 5.94. The standard InChI is InChI=1S/C18H17F3N2O3/c19-18(20,21)13-3-1-4-14(11-13)22-16(24)12-6-8-23(9-7-12)17(25)15-5-2-10-26-15/h1-5,10-12H,6-9H2,(H,22,24). The van der Waals surface area contributed by atoms with Crippen LogP contribution >= 0.6 is 0 Å². The van der Waals surface area contributed by atoms with Crippen molar-refractivity contribution in [2.75, 3.05) is 18.4 Å². The van der Waals surface area contributed by atoms with E-state index in [1.807, 2.05) is 0 Å². The largest absolute Gasteiger partial charge is 0.459 e. The highest BCUT2D eigenvalue weighted by Gasteiger charge is 2.31. The summed E-state index contributed by atoms with van der Waals surface area (Å²) in [5.41, 5.74) is -0.701. The number of piperidine rings is 1. The van der Waals surface area contributed by atoms with Crippen molar-refractivity contribution < 1.29 is 27.2 Å². The lowest BCUT2D eigenvalue weighted by atomic mass is 9.95. The second kappa shape index (κ2) is 7.23. The summed E-state index contributed by atoms with van der Waals surface area (Å²) in [6.45, 7) is 0.778. The molecular formula is C18H17F3N2O3. The molecular weight excluding hydrogens is 349 g/mol. The van der Waals surface area contributed by atoms with Gasteiger partial charge in [0, 0.05) is 24.7 Å². The van der Waals surface area contributed by atoms with Crippen molar-refractivity contribution >= 4 is 17.5 Å². The number of nitrogens with one attached hydrogen (secondary N) is 1. The highest BCUT2D eigenvalue weighted by atomic mass is 19.4. The van der Waals surface area contributed by atoms with Crippen molar-refractivity contribution in [3.05, 3.63) is 54.0 Å². The Labute approximate surface area is 147 Å². The Hall–Kier alpha value is -2.77. The molecule has 0 radical (unpaired) electrons. The predicted octanol–water partition coefficient (Wildman–Crippen LogP) is 3.79. The van der Waals surface area contributed by atoms with E-state index in [0.717, 1.165) is 12.1 Å². The van der Waals surface area contributed by atoms with Crippen LogP contribution in [0, 0.1) is 5.92 Å². The molecule has 1 saturated heterocycles. The van der Waals surface area contributed by atoms with E-state index in [0.29, 0.717) is 25.9 Å². The van der Waals surface area contributed by atoms with Crippen molar-refractivity contribution in [2.45, 2.75) is 19.0 Å². The van der Waals surface area contributed by atoms with Crippen LogP contribution in [-0.4, -0.2) is 29.8 Å². The molecule has 0 aliphatic carbocycles. The molecule has 26 heavy (non-hydrogen) atoms. The molecule has 2 aromatic rings. The summed E-state index contributed by atoms with van der Waals surface area (Å²) in [5.74, 6) is -0.678. The number of furan rings is 1. The molecule has 3 rings (SSSR count). The first kappa shape index (κ1) is 18.0. The molecule has 0 saturated carbocycles. The number of amides is 2. The van der Waals surface area contributed by atoms with Crippen molar-refractivity contribution in [2.24, 2.45) is 5.92 Å². The molecule has 0 unspecified atom stereocenters. The van der Waals surface area contributed by atoms with Crippen molar-refractivity contribution in [1.29, 1.82) is 0 Å². The van der Waals surface area contributed by atoms with Crippen molar-refractivity contribution in [3.63, 3.8) is 0 Å². The number of hydrogen-bond donors (Lipinski definition) is 1. The summed E-state index contributed by atoms with van der Waals surface area (Å²) in [4.78, 5) is 26.1. The molecule has 1 N–H and O–H groups in total. The Bertz CT molecular complexity index is 779. The van der Waals surface area contributed by atoms with E-state index in [4.69, 9.17) is 4.42 Å². The Morgan fingerprint density at radius 2 is 1.85 bits per heavy atom.